The van der Waals surface area contributed by atoms with Crippen LogP contribution >= 0.6 is 11.8 Å². The smallest absolute Gasteiger partial charge is 0.191 e. The van der Waals surface area contributed by atoms with E-state index in [-0.39, 0.29) is 5.78 Å². The molecule has 3 aromatic rings. The molecule has 1 heterocycles. The van der Waals surface area contributed by atoms with Gasteiger partial charge in [-0.15, -0.1) is 10.2 Å². The molecule has 0 unspecified atom stereocenters. The number of Topliss-reactive ketones (excluding diaryl/α,β-unsaturated/α-hetero) is 1. The molecule has 6 nitrogen and oxygen atoms in total. The fourth-order valence-electron chi connectivity index (χ4n) is 3.19. The molecular weight excluding hydrogens is 398 g/mol. The Morgan fingerprint density at radius 3 is 2.37 bits per heavy atom. The quantitative estimate of drug-likeness (QED) is 0.357. The topological polar surface area (TPSA) is 66.2 Å². The van der Waals surface area contributed by atoms with Crippen LogP contribution in [-0.2, 0) is 19.9 Å². The Labute approximate surface area is 181 Å². The first kappa shape index (κ1) is 21.9. The van der Waals surface area contributed by atoms with E-state index in [9.17, 15) is 4.79 Å². The van der Waals surface area contributed by atoms with Crippen LogP contribution in [0.15, 0.2) is 47.6 Å². The number of ether oxygens (including phenoxy) is 2. The first-order chi connectivity index (χ1) is 14.5. The lowest BCUT2D eigenvalue weighted by Crippen LogP contribution is -2.05. The van der Waals surface area contributed by atoms with Crippen LogP contribution in [0, 0.1) is 6.92 Å². The van der Waals surface area contributed by atoms with Crippen LogP contribution in [0.5, 0.6) is 11.5 Å². The van der Waals surface area contributed by atoms with Crippen molar-refractivity contribution >= 4 is 17.5 Å². The number of ketones is 1. The minimum atomic E-state index is 0.0576. The number of aryl methyl sites for hydroxylation is 3. The summed E-state index contributed by atoms with van der Waals surface area (Å²) in [5.74, 6) is 2.93. The summed E-state index contributed by atoms with van der Waals surface area (Å²) in [6.07, 6.45) is 2.79. The summed E-state index contributed by atoms with van der Waals surface area (Å²) in [5.41, 5.74) is 3.22. The number of thioether (sulfide) groups is 1. The first-order valence-electron chi connectivity index (χ1n) is 9.83. The number of benzene rings is 2. The third-order valence-corrected chi connectivity index (χ3v) is 6.09. The van der Waals surface area contributed by atoms with Crippen molar-refractivity contribution in [2.45, 2.75) is 31.3 Å². The number of methoxy groups -OCH3 is 2. The van der Waals surface area contributed by atoms with Crippen molar-refractivity contribution in [3.05, 3.63) is 65.0 Å². The number of carbonyl (C=O) groups is 1. The van der Waals surface area contributed by atoms with Crippen molar-refractivity contribution in [1.82, 2.24) is 14.8 Å². The van der Waals surface area contributed by atoms with Crippen molar-refractivity contribution < 1.29 is 14.3 Å². The maximum Gasteiger partial charge on any atom is 0.191 e. The van der Waals surface area contributed by atoms with Crippen LogP contribution in [0.25, 0.3) is 0 Å². The van der Waals surface area contributed by atoms with Gasteiger partial charge in [0.2, 0.25) is 0 Å². The van der Waals surface area contributed by atoms with Crippen LogP contribution < -0.4 is 9.47 Å². The summed E-state index contributed by atoms with van der Waals surface area (Å²) in [7, 11) is 5.24. The predicted molar refractivity (Wildman–Crippen MR) is 119 cm³/mol. The molecule has 0 aliphatic heterocycles. The van der Waals surface area contributed by atoms with Crippen LogP contribution in [0.3, 0.4) is 0 Å². The molecule has 0 fully saturated rings. The molecule has 30 heavy (non-hydrogen) atoms. The lowest BCUT2D eigenvalue weighted by Gasteiger charge is -2.08. The van der Waals surface area contributed by atoms with Gasteiger partial charge in [-0.25, -0.2) is 0 Å². The number of nitrogens with zero attached hydrogens (tertiary/aromatic N) is 3. The lowest BCUT2D eigenvalue weighted by molar-refractivity contribution is 0.102. The molecule has 0 aliphatic carbocycles. The van der Waals surface area contributed by atoms with Gasteiger partial charge in [-0.05, 0) is 67.3 Å². The van der Waals surface area contributed by atoms with Crippen LogP contribution in [-0.4, -0.2) is 40.5 Å². The summed E-state index contributed by atoms with van der Waals surface area (Å²) in [6, 6.07) is 13.3. The van der Waals surface area contributed by atoms with Crippen molar-refractivity contribution in [3.63, 3.8) is 0 Å². The maximum atomic E-state index is 12.4. The van der Waals surface area contributed by atoms with Crippen molar-refractivity contribution in [3.8, 4) is 11.5 Å². The molecule has 0 N–H and O–H groups in total. The number of hydrogen-bond acceptors (Lipinski definition) is 6. The second-order valence-electron chi connectivity index (χ2n) is 7.04. The highest BCUT2D eigenvalue weighted by Gasteiger charge is 2.13. The molecule has 0 atom stereocenters. The third-order valence-electron chi connectivity index (χ3n) is 5.07. The normalized spacial score (nSPS) is 10.8. The van der Waals surface area contributed by atoms with Gasteiger partial charge in [0.25, 0.3) is 0 Å². The fourth-order valence-corrected chi connectivity index (χ4v) is 4.02. The average Bonchev–Trinajstić information content (AvgIpc) is 3.12. The zero-order valence-corrected chi connectivity index (χ0v) is 18.7. The summed E-state index contributed by atoms with van der Waals surface area (Å²) in [6.45, 7) is 2.11. The Morgan fingerprint density at radius 1 is 1.00 bits per heavy atom. The Hall–Kier alpha value is -2.80. The van der Waals surface area contributed by atoms with Gasteiger partial charge in [0.15, 0.2) is 10.9 Å². The standard InChI is InChI=1S/C23H27N3O3S/c1-16-14-20(29-4)13-8-17(16)6-5-7-22-24-25-23(26(22)2)30-15-21(27)18-9-11-19(28-3)12-10-18/h8-14H,5-7,15H2,1-4H3. The number of carbonyl (C=O) groups excluding carboxylic acids is 1. The molecule has 2 aromatic carbocycles. The monoisotopic (exact) mass is 425 g/mol. The molecule has 0 saturated heterocycles. The van der Waals surface area contributed by atoms with E-state index in [1.807, 2.05) is 17.7 Å². The van der Waals surface area contributed by atoms with Gasteiger partial charge in [0.1, 0.15) is 17.3 Å². The van der Waals surface area contributed by atoms with Crippen LogP contribution in [0.4, 0.5) is 0 Å². The molecule has 0 bridgehead atoms. The minimum absolute atomic E-state index is 0.0576. The van der Waals surface area contributed by atoms with Gasteiger partial charge in [-0.3, -0.25) is 4.79 Å². The average molecular weight is 426 g/mol. The summed E-state index contributed by atoms with van der Waals surface area (Å²) in [4.78, 5) is 12.4. The van der Waals surface area contributed by atoms with E-state index in [1.165, 1.54) is 22.9 Å². The van der Waals surface area contributed by atoms with E-state index in [1.54, 1.807) is 38.5 Å². The number of hydrogen-bond donors (Lipinski definition) is 0. The van der Waals surface area contributed by atoms with E-state index in [2.05, 4.69) is 29.3 Å². The first-order valence-corrected chi connectivity index (χ1v) is 10.8. The second kappa shape index (κ2) is 10.3. The summed E-state index contributed by atoms with van der Waals surface area (Å²) < 4.78 is 12.4. The molecule has 0 spiro atoms. The van der Waals surface area contributed by atoms with Crippen molar-refractivity contribution in [1.29, 1.82) is 0 Å². The molecule has 0 amide bonds. The fraction of sp³-hybridized carbons (Fsp3) is 0.348. The van der Waals surface area contributed by atoms with E-state index in [0.29, 0.717) is 11.3 Å². The maximum absolute atomic E-state index is 12.4. The Balaban J connectivity index is 1.52. The molecule has 0 radical (unpaired) electrons. The lowest BCUT2D eigenvalue weighted by atomic mass is 10.0. The van der Waals surface area contributed by atoms with Crippen LogP contribution in [0.2, 0.25) is 0 Å². The largest absolute Gasteiger partial charge is 0.497 e. The van der Waals surface area contributed by atoms with Gasteiger partial charge in [-0.2, -0.15) is 0 Å². The number of rotatable bonds is 10. The van der Waals surface area contributed by atoms with E-state index < -0.39 is 0 Å². The van der Waals surface area contributed by atoms with Gasteiger partial charge >= 0.3 is 0 Å². The van der Waals surface area contributed by atoms with Crippen molar-refractivity contribution in [2.75, 3.05) is 20.0 Å². The Kier molecular flexibility index (Phi) is 7.52. The van der Waals surface area contributed by atoms with Gasteiger partial charge in [0.05, 0.1) is 20.0 Å². The van der Waals surface area contributed by atoms with Gasteiger partial charge < -0.3 is 14.0 Å². The number of aromatic nitrogens is 3. The minimum Gasteiger partial charge on any atom is -0.497 e. The predicted octanol–water partition coefficient (Wildman–Crippen LogP) is 4.29. The van der Waals surface area contributed by atoms with E-state index in [4.69, 9.17) is 9.47 Å². The Bertz CT molecular complexity index is 999. The Morgan fingerprint density at radius 2 is 1.70 bits per heavy atom. The summed E-state index contributed by atoms with van der Waals surface area (Å²) >= 11 is 1.41. The van der Waals surface area contributed by atoms with Crippen LogP contribution in [0.1, 0.15) is 33.7 Å². The highest BCUT2D eigenvalue weighted by atomic mass is 32.2. The van der Waals surface area contributed by atoms with E-state index >= 15 is 0 Å². The molecule has 3 rings (SSSR count). The highest BCUT2D eigenvalue weighted by Crippen LogP contribution is 2.21. The highest BCUT2D eigenvalue weighted by molar-refractivity contribution is 7.99. The SMILES string of the molecule is COc1ccc(C(=O)CSc2nnc(CCCc3ccc(OC)cc3C)n2C)cc1. The van der Waals surface area contributed by atoms with Gasteiger partial charge in [-0.1, -0.05) is 17.8 Å². The molecule has 1 aromatic heterocycles. The molecular formula is C23H27N3O3S. The summed E-state index contributed by atoms with van der Waals surface area (Å²) in [5, 5.41) is 9.33. The van der Waals surface area contributed by atoms with E-state index in [0.717, 1.165) is 41.7 Å². The zero-order chi connectivity index (χ0) is 21.5. The molecule has 0 saturated carbocycles. The van der Waals surface area contributed by atoms with Crippen molar-refractivity contribution in [2.24, 2.45) is 7.05 Å². The molecule has 158 valence electrons. The third kappa shape index (κ3) is 5.42. The zero-order valence-electron chi connectivity index (χ0n) is 17.8. The second-order valence-corrected chi connectivity index (χ2v) is 7.99. The molecule has 0 aliphatic rings. The van der Waals surface area contributed by atoms with Gasteiger partial charge in [0, 0.05) is 19.0 Å². The molecule has 7 heteroatoms.